The number of hydrogen-bond acceptors (Lipinski definition) is 1. The summed E-state index contributed by atoms with van der Waals surface area (Å²) in [4.78, 5) is 0. The van der Waals surface area contributed by atoms with Gasteiger partial charge in [0.05, 0.1) is 0 Å². The molecule has 3 rings (SSSR count). The minimum Gasteiger partial charge on any atom is -0.350 e. The van der Waals surface area contributed by atoms with Gasteiger partial charge in [0, 0.05) is 30.7 Å². The number of rotatable bonds is 5. The molecule has 2 aromatic carbocycles. The summed E-state index contributed by atoms with van der Waals surface area (Å²) in [5.41, 5.74) is 3.72. The summed E-state index contributed by atoms with van der Waals surface area (Å²) in [6.45, 7) is 1.73. The zero-order valence-electron chi connectivity index (χ0n) is 12.1. The fourth-order valence-corrected chi connectivity index (χ4v) is 2.67. The van der Waals surface area contributed by atoms with Gasteiger partial charge in [0.1, 0.15) is 5.82 Å². The smallest absolute Gasteiger partial charge is 0.123 e. The molecule has 0 aliphatic rings. The molecule has 0 fully saturated rings. The molecule has 0 radical (unpaired) electrons. The van der Waals surface area contributed by atoms with Gasteiger partial charge in [-0.3, -0.25) is 0 Å². The van der Waals surface area contributed by atoms with Gasteiger partial charge in [-0.1, -0.05) is 30.3 Å². The molecule has 2 nitrogen and oxygen atoms in total. The molecule has 0 saturated carbocycles. The number of benzene rings is 2. The number of fused-ring (bicyclic) bond motifs is 1. The first-order valence-electron chi connectivity index (χ1n) is 7.22. The Balaban J connectivity index is 1.58. The van der Waals surface area contributed by atoms with Crippen LogP contribution in [0.5, 0.6) is 0 Å². The van der Waals surface area contributed by atoms with Gasteiger partial charge in [0.25, 0.3) is 0 Å². The summed E-state index contributed by atoms with van der Waals surface area (Å²) < 4.78 is 15.0. The second-order valence-corrected chi connectivity index (χ2v) is 5.34. The third-order valence-corrected chi connectivity index (χ3v) is 3.80. The van der Waals surface area contributed by atoms with E-state index in [1.165, 1.54) is 28.6 Å². The Morgan fingerprint density at radius 1 is 1.05 bits per heavy atom. The summed E-state index contributed by atoms with van der Waals surface area (Å²) in [5.74, 6) is -0.178. The molecule has 21 heavy (non-hydrogen) atoms. The molecule has 108 valence electrons. The fourth-order valence-electron chi connectivity index (χ4n) is 2.67. The summed E-state index contributed by atoms with van der Waals surface area (Å²) in [6, 6.07) is 15.1. The number of nitrogens with zero attached hydrogens (tertiary/aromatic N) is 1. The highest BCUT2D eigenvalue weighted by Gasteiger charge is 2.04. The van der Waals surface area contributed by atoms with Crippen LogP contribution in [0, 0.1) is 5.82 Å². The predicted octanol–water partition coefficient (Wildman–Crippen LogP) is 3.65. The minimum atomic E-state index is -0.178. The Labute approximate surface area is 124 Å². The zero-order chi connectivity index (χ0) is 14.7. The molecule has 0 spiro atoms. The Bertz CT molecular complexity index is 729. The van der Waals surface area contributed by atoms with Crippen molar-refractivity contribution >= 4 is 10.9 Å². The molecule has 3 aromatic rings. The van der Waals surface area contributed by atoms with E-state index < -0.39 is 0 Å². The van der Waals surface area contributed by atoms with Crippen LogP contribution in [0.2, 0.25) is 0 Å². The number of para-hydroxylation sites is 1. The lowest BCUT2D eigenvalue weighted by atomic mass is 10.1. The van der Waals surface area contributed by atoms with Crippen LogP contribution in [-0.4, -0.2) is 11.1 Å². The van der Waals surface area contributed by atoms with Crippen molar-refractivity contribution in [1.29, 1.82) is 0 Å². The number of halogens is 1. The maximum atomic E-state index is 12.8. The molecule has 0 unspecified atom stereocenters. The average molecular weight is 282 g/mol. The highest BCUT2D eigenvalue weighted by atomic mass is 19.1. The van der Waals surface area contributed by atoms with Crippen LogP contribution >= 0.6 is 0 Å². The van der Waals surface area contributed by atoms with E-state index in [-0.39, 0.29) is 5.82 Å². The third kappa shape index (κ3) is 3.14. The molecule has 0 atom stereocenters. The second kappa shape index (κ2) is 6.10. The molecule has 0 bridgehead atoms. The number of aromatic nitrogens is 1. The van der Waals surface area contributed by atoms with E-state index in [9.17, 15) is 4.39 Å². The molecule has 0 amide bonds. The first kappa shape index (κ1) is 13.8. The van der Waals surface area contributed by atoms with E-state index in [2.05, 4.69) is 47.4 Å². The fraction of sp³-hybridized carbons (Fsp3) is 0.222. The Kier molecular flexibility index (Phi) is 4.02. The summed E-state index contributed by atoms with van der Waals surface area (Å²) in [5, 5.41) is 4.76. The van der Waals surface area contributed by atoms with Crippen LogP contribution in [0.4, 0.5) is 4.39 Å². The van der Waals surface area contributed by atoms with Crippen molar-refractivity contribution < 1.29 is 4.39 Å². The van der Waals surface area contributed by atoms with Crippen LogP contribution < -0.4 is 5.32 Å². The van der Waals surface area contributed by atoms with Crippen LogP contribution in [0.3, 0.4) is 0 Å². The van der Waals surface area contributed by atoms with Gasteiger partial charge in [-0.05, 0) is 42.3 Å². The minimum absolute atomic E-state index is 0.178. The van der Waals surface area contributed by atoms with Crippen molar-refractivity contribution in [2.75, 3.05) is 6.54 Å². The molecular weight excluding hydrogens is 263 g/mol. The predicted molar refractivity (Wildman–Crippen MR) is 84.7 cm³/mol. The van der Waals surface area contributed by atoms with E-state index in [1.54, 1.807) is 0 Å². The van der Waals surface area contributed by atoms with Gasteiger partial charge in [0.15, 0.2) is 0 Å². The maximum Gasteiger partial charge on any atom is 0.123 e. The number of nitrogens with one attached hydrogen (secondary N) is 1. The largest absolute Gasteiger partial charge is 0.350 e. The summed E-state index contributed by atoms with van der Waals surface area (Å²) in [6.07, 6.45) is 3.08. The molecule has 3 heteroatoms. The van der Waals surface area contributed by atoms with Gasteiger partial charge in [-0.2, -0.15) is 0 Å². The molecule has 0 aliphatic carbocycles. The van der Waals surface area contributed by atoms with E-state index >= 15 is 0 Å². The quantitative estimate of drug-likeness (QED) is 0.707. The normalized spacial score (nSPS) is 11.1. The molecule has 1 heterocycles. The monoisotopic (exact) mass is 282 g/mol. The SMILES string of the molecule is Cn1cc(CNCCc2ccc(F)cc2)c2ccccc21. The van der Waals surface area contributed by atoms with Crippen molar-refractivity contribution in [3.63, 3.8) is 0 Å². The van der Waals surface area contributed by atoms with Gasteiger partial charge in [0.2, 0.25) is 0 Å². The van der Waals surface area contributed by atoms with Gasteiger partial charge >= 0.3 is 0 Å². The zero-order valence-corrected chi connectivity index (χ0v) is 12.1. The first-order valence-corrected chi connectivity index (χ1v) is 7.22. The van der Waals surface area contributed by atoms with Gasteiger partial charge in [-0.25, -0.2) is 4.39 Å². The van der Waals surface area contributed by atoms with Crippen molar-refractivity contribution in [3.05, 3.63) is 71.7 Å². The molecule has 0 aliphatic heterocycles. The summed E-state index contributed by atoms with van der Waals surface area (Å²) in [7, 11) is 2.07. The van der Waals surface area contributed by atoms with Crippen LogP contribution in [0.1, 0.15) is 11.1 Å². The maximum absolute atomic E-state index is 12.8. The Morgan fingerprint density at radius 3 is 2.62 bits per heavy atom. The van der Waals surface area contributed by atoms with E-state index in [1.807, 2.05) is 12.1 Å². The van der Waals surface area contributed by atoms with Crippen molar-refractivity contribution in [2.45, 2.75) is 13.0 Å². The van der Waals surface area contributed by atoms with Crippen LogP contribution in [0.25, 0.3) is 10.9 Å². The molecular formula is C18H19FN2. The van der Waals surface area contributed by atoms with E-state index in [0.717, 1.165) is 25.1 Å². The van der Waals surface area contributed by atoms with Gasteiger partial charge in [-0.15, -0.1) is 0 Å². The van der Waals surface area contributed by atoms with E-state index in [4.69, 9.17) is 0 Å². The topological polar surface area (TPSA) is 17.0 Å². The standard InChI is InChI=1S/C18H19FN2/c1-21-13-15(17-4-2-3-5-18(17)21)12-20-11-10-14-6-8-16(19)9-7-14/h2-9,13,20H,10-12H2,1H3. The lowest BCUT2D eigenvalue weighted by Crippen LogP contribution is -2.16. The van der Waals surface area contributed by atoms with Crippen molar-refractivity contribution in [1.82, 2.24) is 9.88 Å². The lowest BCUT2D eigenvalue weighted by molar-refractivity contribution is 0.626. The number of aryl methyl sites for hydroxylation is 1. The first-order chi connectivity index (χ1) is 10.2. The average Bonchev–Trinajstić information content (AvgIpc) is 2.83. The molecule has 1 N–H and O–H groups in total. The lowest BCUT2D eigenvalue weighted by Gasteiger charge is -2.04. The van der Waals surface area contributed by atoms with E-state index in [0.29, 0.717) is 0 Å². The Hall–Kier alpha value is -2.13. The van der Waals surface area contributed by atoms with Crippen LogP contribution in [-0.2, 0) is 20.0 Å². The highest BCUT2D eigenvalue weighted by molar-refractivity contribution is 5.83. The summed E-state index contributed by atoms with van der Waals surface area (Å²) >= 11 is 0. The Morgan fingerprint density at radius 2 is 1.81 bits per heavy atom. The van der Waals surface area contributed by atoms with Crippen molar-refractivity contribution in [3.8, 4) is 0 Å². The number of hydrogen-bond donors (Lipinski definition) is 1. The molecule has 0 saturated heterocycles. The van der Waals surface area contributed by atoms with Gasteiger partial charge < -0.3 is 9.88 Å². The van der Waals surface area contributed by atoms with Crippen LogP contribution in [0.15, 0.2) is 54.7 Å². The van der Waals surface area contributed by atoms with Crippen molar-refractivity contribution in [2.24, 2.45) is 7.05 Å². The highest BCUT2D eigenvalue weighted by Crippen LogP contribution is 2.19. The molecule has 1 aromatic heterocycles. The second-order valence-electron chi connectivity index (χ2n) is 5.34. The third-order valence-electron chi connectivity index (χ3n) is 3.80.